The van der Waals surface area contributed by atoms with Crippen LogP contribution in [-0.4, -0.2) is 50.8 Å². The topological polar surface area (TPSA) is 50.1 Å². The lowest BCUT2D eigenvalue weighted by Crippen LogP contribution is -2.46. The normalized spacial score (nSPS) is 16.1. The average molecular weight is 308 g/mol. The van der Waals surface area contributed by atoms with Crippen LogP contribution in [0.2, 0.25) is 0 Å². The minimum absolute atomic E-state index is 0.832. The van der Waals surface area contributed by atoms with Gasteiger partial charge in [-0.2, -0.15) is 5.10 Å². The van der Waals surface area contributed by atoms with Gasteiger partial charge >= 0.3 is 0 Å². The molecule has 0 saturated carbocycles. The second kappa shape index (κ2) is 5.96. The van der Waals surface area contributed by atoms with Crippen LogP contribution in [0.15, 0.2) is 42.9 Å². The largest absolute Gasteiger partial charge is 0.366 e. The number of fused-ring (bicyclic) bond motifs is 1. The summed E-state index contributed by atoms with van der Waals surface area (Å²) >= 11 is 0. The van der Waals surface area contributed by atoms with Gasteiger partial charge in [0.25, 0.3) is 0 Å². The molecule has 4 heterocycles. The molecular formula is C17H20N6. The molecule has 0 spiro atoms. The van der Waals surface area contributed by atoms with E-state index < -0.39 is 0 Å². The number of nitrogens with zero attached hydrogens (tertiary/aromatic N) is 6. The summed E-state index contributed by atoms with van der Waals surface area (Å²) < 4.78 is 1.85. The summed E-state index contributed by atoms with van der Waals surface area (Å²) in [6.07, 6.45) is 5.81. The van der Waals surface area contributed by atoms with Crippen molar-refractivity contribution in [3.8, 4) is 0 Å². The first-order valence-electron chi connectivity index (χ1n) is 7.94. The zero-order valence-electron chi connectivity index (χ0n) is 13.3. The third-order valence-corrected chi connectivity index (χ3v) is 4.34. The van der Waals surface area contributed by atoms with Crippen molar-refractivity contribution in [3.63, 3.8) is 0 Å². The number of hydrogen-bond donors (Lipinski definition) is 0. The highest BCUT2D eigenvalue weighted by atomic mass is 15.3. The SMILES string of the molecule is Cn1cc(N2CCN(Cc3ccc4cccnc4n3)CC2)cn1. The summed E-state index contributed by atoms with van der Waals surface area (Å²) in [6, 6.07) is 8.21. The number of hydrogen-bond acceptors (Lipinski definition) is 5. The highest BCUT2D eigenvalue weighted by Gasteiger charge is 2.18. The molecule has 0 aromatic carbocycles. The molecule has 0 bridgehead atoms. The molecule has 6 heteroatoms. The van der Waals surface area contributed by atoms with E-state index in [0.29, 0.717) is 0 Å². The standard InChI is InChI=1S/C17H20N6/c1-21-13-16(11-19-21)23-9-7-22(8-10-23)12-15-5-4-14-3-2-6-18-17(14)20-15/h2-6,11,13H,7-10,12H2,1H3. The molecule has 0 aliphatic carbocycles. The Balaban J connectivity index is 1.40. The molecule has 1 aliphatic heterocycles. The molecule has 0 amide bonds. The van der Waals surface area contributed by atoms with Crippen LogP contribution >= 0.6 is 0 Å². The van der Waals surface area contributed by atoms with Crippen LogP contribution in [0.1, 0.15) is 5.69 Å². The molecule has 4 rings (SSSR count). The van der Waals surface area contributed by atoms with Crippen molar-refractivity contribution in [2.45, 2.75) is 6.54 Å². The summed E-state index contributed by atoms with van der Waals surface area (Å²) in [4.78, 5) is 13.8. The quantitative estimate of drug-likeness (QED) is 0.737. The van der Waals surface area contributed by atoms with Gasteiger partial charge in [-0.1, -0.05) is 0 Å². The molecule has 0 atom stereocenters. The molecule has 3 aromatic heterocycles. The van der Waals surface area contributed by atoms with Crippen LogP contribution in [0, 0.1) is 0 Å². The van der Waals surface area contributed by atoms with E-state index in [0.717, 1.165) is 49.5 Å². The highest BCUT2D eigenvalue weighted by Crippen LogP contribution is 2.16. The molecule has 0 unspecified atom stereocenters. The fraction of sp³-hybridized carbons (Fsp3) is 0.353. The molecule has 118 valence electrons. The number of piperazine rings is 1. The number of rotatable bonds is 3. The van der Waals surface area contributed by atoms with Crippen LogP contribution in [0.25, 0.3) is 11.0 Å². The lowest BCUT2D eigenvalue weighted by Gasteiger charge is -2.35. The molecule has 23 heavy (non-hydrogen) atoms. The Morgan fingerprint density at radius 1 is 1.09 bits per heavy atom. The maximum absolute atomic E-state index is 4.67. The fourth-order valence-electron chi connectivity index (χ4n) is 3.05. The van der Waals surface area contributed by atoms with Gasteiger partial charge in [-0.3, -0.25) is 9.58 Å². The molecular weight excluding hydrogens is 288 g/mol. The van der Waals surface area contributed by atoms with Crippen molar-refractivity contribution in [1.29, 1.82) is 0 Å². The van der Waals surface area contributed by atoms with E-state index in [1.807, 2.05) is 30.1 Å². The van der Waals surface area contributed by atoms with E-state index in [9.17, 15) is 0 Å². The van der Waals surface area contributed by atoms with Gasteiger partial charge in [0.15, 0.2) is 5.65 Å². The molecule has 1 aliphatic rings. The van der Waals surface area contributed by atoms with Gasteiger partial charge < -0.3 is 4.90 Å². The number of aromatic nitrogens is 4. The van der Waals surface area contributed by atoms with Gasteiger partial charge in [-0.05, 0) is 24.3 Å². The Hall–Kier alpha value is -2.47. The van der Waals surface area contributed by atoms with Crippen molar-refractivity contribution in [2.75, 3.05) is 31.1 Å². The maximum atomic E-state index is 4.67. The van der Waals surface area contributed by atoms with E-state index >= 15 is 0 Å². The Bertz CT molecular complexity index is 803. The van der Waals surface area contributed by atoms with Crippen LogP contribution in [0.3, 0.4) is 0 Å². The second-order valence-electron chi connectivity index (χ2n) is 5.99. The average Bonchev–Trinajstić information content (AvgIpc) is 3.02. The number of aryl methyl sites for hydroxylation is 1. The first-order chi connectivity index (χ1) is 11.3. The van der Waals surface area contributed by atoms with Gasteiger partial charge in [0.2, 0.25) is 0 Å². The summed E-state index contributed by atoms with van der Waals surface area (Å²) in [5.41, 5.74) is 3.13. The molecule has 0 N–H and O–H groups in total. The van der Waals surface area contributed by atoms with Crippen molar-refractivity contribution >= 4 is 16.7 Å². The molecule has 6 nitrogen and oxygen atoms in total. The molecule has 1 fully saturated rings. The third kappa shape index (κ3) is 3.03. The lowest BCUT2D eigenvalue weighted by atomic mass is 10.2. The number of pyridine rings is 2. The van der Waals surface area contributed by atoms with Crippen molar-refractivity contribution < 1.29 is 0 Å². The predicted octanol–water partition coefficient (Wildman–Crippen LogP) is 1.69. The van der Waals surface area contributed by atoms with Crippen LogP contribution in [0.5, 0.6) is 0 Å². The first kappa shape index (κ1) is 14.1. The van der Waals surface area contributed by atoms with Gasteiger partial charge in [-0.15, -0.1) is 0 Å². The van der Waals surface area contributed by atoms with E-state index in [1.165, 1.54) is 5.69 Å². The van der Waals surface area contributed by atoms with E-state index in [4.69, 9.17) is 0 Å². The monoisotopic (exact) mass is 308 g/mol. The minimum atomic E-state index is 0.832. The molecule has 0 radical (unpaired) electrons. The molecule has 1 saturated heterocycles. The van der Waals surface area contributed by atoms with Crippen LogP contribution < -0.4 is 4.90 Å². The number of anilines is 1. The van der Waals surface area contributed by atoms with Gasteiger partial charge in [0.05, 0.1) is 17.6 Å². The summed E-state index contributed by atoms with van der Waals surface area (Å²) in [5, 5.41) is 5.35. The second-order valence-corrected chi connectivity index (χ2v) is 5.99. The minimum Gasteiger partial charge on any atom is -0.366 e. The first-order valence-corrected chi connectivity index (χ1v) is 7.94. The van der Waals surface area contributed by atoms with Gasteiger partial charge in [0.1, 0.15) is 0 Å². The van der Waals surface area contributed by atoms with E-state index in [1.54, 1.807) is 6.20 Å². The van der Waals surface area contributed by atoms with Gasteiger partial charge in [-0.25, -0.2) is 9.97 Å². The third-order valence-electron chi connectivity index (χ3n) is 4.34. The smallest absolute Gasteiger partial charge is 0.159 e. The summed E-state index contributed by atoms with van der Waals surface area (Å²) in [7, 11) is 1.96. The van der Waals surface area contributed by atoms with Crippen LogP contribution in [0.4, 0.5) is 5.69 Å². The Morgan fingerprint density at radius 3 is 2.74 bits per heavy atom. The van der Waals surface area contributed by atoms with Crippen molar-refractivity contribution in [2.24, 2.45) is 7.05 Å². The highest BCUT2D eigenvalue weighted by molar-refractivity contribution is 5.74. The van der Waals surface area contributed by atoms with E-state index in [2.05, 4.69) is 43.2 Å². The zero-order valence-corrected chi connectivity index (χ0v) is 13.3. The van der Waals surface area contributed by atoms with E-state index in [-0.39, 0.29) is 0 Å². The van der Waals surface area contributed by atoms with Crippen LogP contribution in [-0.2, 0) is 13.6 Å². The fourth-order valence-corrected chi connectivity index (χ4v) is 3.05. The van der Waals surface area contributed by atoms with Crippen molar-refractivity contribution in [3.05, 3.63) is 48.5 Å². The maximum Gasteiger partial charge on any atom is 0.159 e. The summed E-state index contributed by atoms with van der Waals surface area (Å²) in [5.74, 6) is 0. The lowest BCUT2D eigenvalue weighted by molar-refractivity contribution is 0.247. The Kier molecular flexibility index (Phi) is 3.67. The molecule has 3 aromatic rings. The predicted molar refractivity (Wildman–Crippen MR) is 90.2 cm³/mol. The van der Waals surface area contributed by atoms with Crippen molar-refractivity contribution in [1.82, 2.24) is 24.6 Å². The van der Waals surface area contributed by atoms with Gasteiger partial charge in [0, 0.05) is 57.6 Å². The Labute approximate surface area is 135 Å². The Morgan fingerprint density at radius 2 is 1.96 bits per heavy atom. The summed E-state index contributed by atoms with van der Waals surface area (Å²) in [6.45, 7) is 5.01. The zero-order chi connectivity index (χ0) is 15.6.